The quantitative estimate of drug-likeness (QED) is 0.350. The number of fused-ring (bicyclic) bond motifs is 1. The molecule has 8 nitrogen and oxygen atoms in total. The maximum absolute atomic E-state index is 13.4. The average Bonchev–Trinajstić information content (AvgIpc) is 3.04. The van der Waals surface area contributed by atoms with Gasteiger partial charge in [0, 0.05) is 54.0 Å². The maximum atomic E-state index is 13.4. The summed E-state index contributed by atoms with van der Waals surface area (Å²) >= 11 is 0. The molecule has 1 aromatic heterocycles. The zero-order valence-electron chi connectivity index (χ0n) is 20.3. The van der Waals surface area contributed by atoms with Gasteiger partial charge in [-0.3, -0.25) is 18.8 Å². The first-order chi connectivity index (χ1) is 17.3. The fourth-order valence-corrected chi connectivity index (χ4v) is 4.30. The highest BCUT2D eigenvalue weighted by molar-refractivity contribution is 7.84. The van der Waals surface area contributed by atoms with Crippen LogP contribution in [-0.2, 0) is 27.0 Å². The van der Waals surface area contributed by atoms with Crippen LogP contribution in [0.5, 0.6) is 0 Å². The first kappa shape index (κ1) is 25.3. The Kier molecular flexibility index (Phi) is 7.92. The van der Waals surface area contributed by atoms with Gasteiger partial charge in [0.25, 0.3) is 5.91 Å². The van der Waals surface area contributed by atoms with Crippen LogP contribution in [0.4, 0.5) is 11.4 Å². The van der Waals surface area contributed by atoms with Crippen molar-refractivity contribution >= 4 is 40.0 Å². The van der Waals surface area contributed by atoms with Crippen molar-refractivity contribution in [2.75, 3.05) is 18.5 Å². The van der Waals surface area contributed by atoms with E-state index in [-0.39, 0.29) is 18.9 Å². The Morgan fingerprint density at radius 2 is 1.86 bits per heavy atom. The van der Waals surface area contributed by atoms with Crippen LogP contribution in [0.1, 0.15) is 30.9 Å². The fraction of sp³-hybridized carbons (Fsp3) is 0.222. The number of hydroxylamine groups is 2. The van der Waals surface area contributed by atoms with Crippen molar-refractivity contribution in [3.8, 4) is 11.1 Å². The fourth-order valence-electron chi connectivity index (χ4n) is 3.80. The number of pyridine rings is 1. The summed E-state index contributed by atoms with van der Waals surface area (Å²) in [6, 6.07) is 14.9. The van der Waals surface area contributed by atoms with Crippen molar-refractivity contribution in [3.05, 3.63) is 77.6 Å². The second-order valence-electron chi connectivity index (χ2n) is 8.51. The molecule has 4 rings (SSSR count). The van der Waals surface area contributed by atoms with Crippen LogP contribution in [0.3, 0.4) is 0 Å². The molecule has 0 fully saturated rings. The van der Waals surface area contributed by atoms with Gasteiger partial charge >= 0.3 is 0 Å². The first-order valence-electron chi connectivity index (χ1n) is 11.6. The molecule has 1 aliphatic heterocycles. The number of nitrogens with zero attached hydrogens (tertiary/aromatic N) is 3. The minimum atomic E-state index is -1.13. The molecular formula is C27H29N5O3S. The number of amides is 1. The lowest BCUT2D eigenvalue weighted by Crippen LogP contribution is -2.34. The average molecular weight is 504 g/mol. The molecule has 4 N–H and O–H groups in total. The van der Waals surface area contributed by atoms with Crippen LogP contribution in [0.15, 0.2) is 76.4 Å². The molecule has 0 radical (unpaired) electrons. The third-order valence-corrected chi connectivity index (χ3v) is 6.56. The lowest BCUT2D eigenvalue weighted by molar-refractivity contribution is -0.187. The molecule has 0 spiro atoms. The van der Waals surface area contributed by atoms with E-state index in [1.165, 1.54) is 5.06 Å². The van der Waals surface area contributed by atoms with Crippen LogP contribution < -0.4 is 11.5 Å². The zero-order valence-corrected chi connectivity index (χ0v) is 21.1. The van der Waals surface area contributed by atoms with Crippen LogP contribution >= 0.6 is 0 Å². The summed E-state index contributed by atoms with van der Waals surface area (Å²) in [4.78, 5) is 28.7. The van der Waals surface area contributed by atoms with Crippen LogP contribution in [0.2, 0.25) is 0 Å². The zero-order chi connectivity index (χ0) is 25.7. The normalized spacial score (nSPS) is 13.7. The van der Waals surface area contributed by atoms with Gasteiger partial charge in [-0.1, -0.05) is 31.2 Å². The summed E-state index contributed by atoms with van der Waals surface area (Å²) in [5, 5.41) is 1.39. The third-order valence-electron chi connectivity index (χ3n) is 5.67. The van der Waals surface area contributed by atoms with Crippen molar-refractivity contribution in [2.24, 2.45) is 10.7 Å². The number of carbonyl (C=O) groups is 1. The molecule has 1 atom stereocenters. The number of aliphatic imine (C=N–C) groups is 1. The molecule has 0 saturated heterocycles. The number of anilines is 1. The predicted molar refractivity (Wildman–Crippen MR) is 144 cm³/mol. The standard InChI is InChI=1S/C27H29N5O3S/c1-3-10-32(35-17-18-4-8-23(28)9-5-18)27(33)21-11-20-7-6-19(13-25(20)31-26(29)14-21)22-12-24(36(2)34)16-30-15-22/h4-9,11-13,15-16H,3,10,14,17,28H2,1-2H3,(H2,29,31). The molecule has 0 aliphatic carbocycles. The summed E-state index contributed by atoms with van der Waals surface area (Å²) in [5.74, 6) is 0.0896. The molecular weight excluding hydrogens is 474 g/mol. The number of nitrogens with two attached hydrogens (primary N) is 2. The molecule has 0 bridgehead atoms. The monoisotopic (exact) mass is 503 g/mol. The molecule has 0 saturated carbocycles. The van der Waals surface area contributed by atoms with E-state index in [0.717, 1.165) is 28.7 Å². The summed E-state index contributed by atoms with van der Waals surface area (Å²) in [6.45, 7) is 2.67. The molecule has 1 unspecified atom stereocenters. The largest absolute Gasteiger partial charge is 0.399 e. The van der Waals surface area contributed by atoms with Gasteiger partial charge in [-0.25, -0.2) is 10.1 Å². The van der Waals surface area contributed by atoms with Crippen molar-refractivity contribution < 1.29 is 13.8 Å². The highest BCUT2D eigenvalue weighted by Crippen LogP contribution is 2.32. The maximum Gasteiger partial charge on any atom is 0.273 e. The lowest BCUT2D eigenvalue weighted by atomic mass is 10.0. The summed E-state index contributed by atoms with van der Waals surface area (Å²) in [7, 11) is -1.13. The van der Waals surface area contributed by atoms with Gasteiger partial charge < -0.3 is 11.5 Å². The van der Waals surface area contributed by atoms with E-state index in [1.54, 1.807) is 30.8 Å². The first-order valence-corrected chi connectivity index (χ1v) is 13.2. The number of carbonyl (C=O) groups excluding carboxylic acids is 1. The number of nitrogen functional groups attached to an aromatic ring is 1. The topological polar surface area (TPSA) is 124 Å². The molecule has 3 aromatic rings. The lowest BCUT2D eigenvalue weighted by Gasteiger charge is -2.22. The van der Waals surface area contributed by atoms with Gasteiger partial charge in [0.05, 0.1) is 21.4 Å². The van der Waals surface area contributed by atoms with E-state index < -0.39 is 10.8 Å². The van der Waals surface area contributed by atoms with Crippen LogP contribution in [0.25, 0.3) is 17.2 Å². The van der Waals surface area contributed by atoms with Gasteiger partial charge in [-0.15, -0.1) is 0 Å². The van der Waals surface area contributed by atoms with E-state index in [0.29, 0.717) is 34.2 Å². The van der Waals surface area contributed by atoms with Crippen LogP contribution in [-0.4, -0.2) is 38.8 Å². The van der Waals surface area contributed by atoms with Gasteiger partial charge in [0.1, 0.15) is 12.4 Å². The Labute approximate surface area is 213 Å². The van der Waals surface area contributed by atoms with Gasteiger partial charge in [0.15, 0.2) is 0 Å². The van der Waals surface area contributed by atoms with Crippen LogP contribution in [0, 0.1) is 0 Å². The van der Waals surface area contributed by atoms with Crippen molar-refractivity contribution in [2.45, 2.75) is 31.3 Å². The Hall–Kier alpha value is -3.82. The van der Waals surface area contributed by atoms with E-state index in [4.69, 9.17) is 16.3 Å². The van der Waals surface area contributed by atoms with Gasteiger partial charge in [-0.2, -0.15) is 0 Å². The van der Waals surface area contributed by atoms with Crippen molar-refractivity contribution in [3.63, 3.8) is 0 Å². The number of benzene rings is 2. The molecule has 36 heavy (non-hydrogen) atoms. The predicted octanol–water partition coefficient (Wildman–Crippen LogP) is 4.21. The highest BCUT2D eigenvalue weighted by atomic mass is 32.2. The minimum absolute atomic E-state index is 0.208. The SMILES string of the molecule is CCCN(OCc1ccc(N)cc1)C(=O)C1=Cc2ccc(-c3cncc(S(C)=O)c3)cc2N=C(N)C1. The molecule has 2 heterocycles. The summed E-state index contributed by atoms with van der Waals surface area (Å²) in [5.41, 5.74) is 17.2. The summed E-state index contributed by atoms with van der Waals surface area (Å²) < 4.78 is 11.9. The Morgan fingerprint density at radius 1 is 1.08 bits per heavy atom. The smallest absolute Gasteiger partial charge is 0.273 e. The third kappa shape index (κ3) is 6.05. The van der Waals surface area contributed by atoms with Gasteiger partial charge in [-0.05, 0) is 47.9 Å². The van der Waals surface area contributed by atoms with Crippen molar-refractivity contribution in [1.82, 2.24) is 10.0 Å². The molecule has 9 heteroatoms. The Balaban J connectivity index is 1.59. The van der Waals surface area contributed by atoms with E-state index in [1.807, 2.05) is 49.4 Å². The summed E-state index contributed by atoms with van der Waals surface area (Å²) in [6.07, 6.45) is 7.69. The molecule has 2 aromatic carbocycles. The number of hydrogen-bond donors (Lipinski definition) is 2. The second kappa shape index (κ2) is 11.3. The minimum Gasteiger partial charge on any atom is -0.399 e. The van der Waals surface area contributed by atoms with E-state index in [2.05, 4.69) is 9.98 Å². The molecule has 1 aliphatic rings. The molecule has 1 amide bonds. The highest BCUT2D eigenvalue weighted by Gasteiger charge is 2.22. The molecule has 186 valence electrons. The Bertz CT molecular complexity index is 1350. The van der Waals surface area contributed by atoms with E-state index in [9.17, 15) is 9.00 Å². The Morgan fingerprint density at radius 3 is 2.58 bits per heavy atom. The number of rotatable bonds is 8. The number of aromatic nitrogens is 1. The van der Waals surface area contributed by atoms with Gasteiger partial charge in [0.2, 0.25) is 0 Å². The second-order valence-corrected chi connectivity index (χ2v) is 9.89. The van der Waals surface area contributed by atoms with E-state index >= 15 is 0 Å². The number of amidine groups is 1. The van der Waals surface area contributed by atoms with Crippen molar-refractivity contribution in [1.29, 1.82) is 0 Å². The number of hydrogen-bond acceptors (Lipinski definition) is 7.